The number of benzene rings is 2. The summed E-state index contributed by atoms with van der Waals surface area (Å²) < 4.78 is 5.45. The Kier molecular flexibility index (Phi) is 7.82. The highest BCUT2D eigenvalue weighted by molar-refractivity contribution is 8.15. The van der Waals surface area contributed by atoms with Crippen LogP contribution in [-0.2, 0) is 22.5 Å². The van der Waals surface area contributed by atoms with Crippen molar-refractivity contribution in [1.29, 1.82) is 0 Å². The highest BCUT2D eigenvalue weighted by Gasteiger charge is 2.39. The number of hydrogen-bond acceptors (Lipinski definition) is 7. The number of aryl methyl sites for hydroxylation is 1. The molecule has 0 spiro atoms. The topological polar surface area (TPSA) is 74.4 Å². The van der Waals surface area contributed by atoms with E-state index in [2.05, 4.69) is 34.1 Å². The van der Waals surface area contributed by atoms with Crippen molar-refractivity contribution in [3.8, 4) is 0 Å². The molecule has 3 aliphatic heterocycles. The van der Waals surface area contributed by atoms with Gasteiger partial charge in [-0.2, -0.15) is 5.10 Å². The summed E-state index contributed by atoms with van der Waals surface area (Å²) in [4.78, 5) is 17.0. The first-order chi connectivity index (χ1) is 17.0. The average Bonchev–Trinajstić information content (AvgIpc) is 3.53. The van der Waals surface area contributed by atoms with Crippen LogP contribution in [0.15, 0.2) is 53.6 Å². The maximum Gasteiger partial charge on any atom is 0.252 e. The molecule has 2 fully saturated rings. The third kappa shape index (κ3) is 6.12. The Morgan fingerprint density at radius 2 is 1.74 bits per heavy atom. The number of hydrogen-bond donors (Lipinski definition) is 1. The van der Waals surface area contributed by atoms with Crippen LogP contribution in [-0.4, -0.2) is 71.7 Å². The minimum Gasteiger partial charge on any atom is -0.379 e. The van der Waals surface area contributed by atoms with Crippen molar-refractivity contribution in [2.24, 2.45) is 10.8 Å². The molecule has 7 nitrogen and oxygen atoms in total. The van der Waals surface area contributed by atoms with Crippen molar-refractivity contribution in [3.05, 3.63) is 64.7 Å². The summed E-state index contributed by atoms with van der Waals surface area (Å²) >= 11 is 7.49. The third-order valence-corrected chi connectivity index (χ3v) is 8.33. The molecule has 3 aliphatic rings. The largest absolute Gasteiger partial charge is 0.379 e. The summed E-state index contributed by atoms with van der Waals surface area (Å²) in [6.07, 6.45) is 2.59. The van der Waals surface area contributed by atoms with E-state index < -0.39 is 5.37 Å². The standard InChI is InChI=1S/C26H32ClN5O2S/c27-21-6-1-19(2-7-21)5-10-24-29-32(26(35-24)25(28)33)23-11-12-31(18-23)22-8-3-20(4-9-22)17-30-13-15-34-16-14-30/h1-4,6-9,23,26H,5,10-18H2,(H2,28,33)/t23-,26?/m1/s1. The van der Waals surface area contributed by atoms with E-state index >= 15 is 0 Å². The molecule has 1 unspecified atom stereocenters. The van der Waals surface area contributed by atoms with E-state index in [1.54, 1.807) is 0 Å². The predicted octanol–water partition coefficient (Wildman–Crippen LogP) is 3.56. The van der Waals surface area contributed by atoms with Crippen molar-refractivity contribution in [1.82, 2.24) is 9.91 Å². The molecule has 3 heterocycles. The van der Waals surface area contributed by atoms with Gasteiger partial charge in [0.25, 0.3) is 5.91 Å². The number of thioether (sulfide) groups is 1. The molecule has 186 valence electrons. The maximum absolute atomic E-state index is 12.2. The highest BCUT2D eigenvalue weighted by Crippen LogP contribution is 2.34. The van der Waals surface area contributed by atoms with Crippen molar-refractivity contribution < 1.29 is 9.53 Å². The van der Waals surface area contributed by atoms with Crippen LogP contribution in [0, 0.1) is 0 Å². The molecular formula is C26H32ClN5O2S. The molecule has 1 amide bonds. The Morgan fingerprint density at radius 1 is 1.03 bits per heavy atom. The normalized spacial score (nSPS) is 23.1. The van der Waals surface area contributed by atoms with Crippen LogP contribution in [0.5, 0.6) is 0 Å². The minimum absolute atomic E-state index is 0.168. The number of amides is 1. The number of anilines is 1. The van der Waals surface area contributed by atoms with Crippen LogP contribution >= 0.6 is 23.4 Å². The highest BCUT2D eigenvalue weighted by atomic mass is 35.5. The van der Waals surface area contributed by atoms with Gasteiger partial charge in [0, 0.05) is 49.9 Å². The summed E-state index contributed by atoms with van der Waals surface area (Å²) in [6, 6.07) is 16.9. The van der Waals surface area contributed by atoms with Gasteiger partial charge in [-0.05, 0) is 48.2 Å². The average molecular weight is 514 g/mol. The molecule has 0 bridgehead atoms. The summed E-state index contributed by atoms with van der Waals surface area (Å²) in [7, 11) is 0. The molecule has 2 N–H and O–H groups in total. The second-order valence-electron chi connectivity index (χ2n) is 9.32. The zero-order chi connectivity index (χ0) is 24.2. The van der Waals surface area contributed by atoms with Crippen LogP contribution < -0.4 is 10.6 Å². The van der Waals surface area contributed by atoms with Gasteiger partial charge in [0.2, 0.25) is 0 Å². The fourth-order valence-electron chi connectivity index (χ4n) is 4.88. The molecule has 2 aromatic carbocycles. The van der Waals surface area contributed by atoms with Crippen LogP contribution in [0.3, 0.4) is 0 Å². The van der Waals surface area contributed by atoms with Crippen LogP contribution in [0.1, 0.15) is 24.0 Å². The van der Waals surface area contributed by atoms with Gasteiger partial charge < -0.3 is 15.4 Å². The van der Waals surface area contributed by atoms with E-state index in [4.69, 9.17) is 27.2 Å². The van der Waals surface area contributed by atoms with Gasteiger partial charge in [0.15, 0.2) is 5.37 Å². The monoisotopic (exact) mass is 513 g/mol. The lowest BCUT2D eigenvalue weighted by Gasteiger charge is -2.28. The minimum atomic E-state index is -0.434. The molecule has 9 heteroatoms. The fourth-order valence-corrected chi connectivity index (χ4v) is 6.07. The number of hydrazone groups is 1. The summed E-state index contributed by atoms with van der Waals surface area (Å²) in [5.41, 5.74) is 9.51. The van der Waals surface area contributed by atoms with E-state index in [-0.39, 0.29) is 11.9 Å². The number of carbonyl (C=O) groups is 1. The molecular weight excluding hydrogens is 482 g/mol. The van der Waals surface area contributed by atoms with Gasteiger partial charge in [0.05, 0.1) is 24.3 Å². The zero-order valence-corrected chi connectivity index (χ0v) is 21.4. The van der Waals surface area contributed by atoms with Crippen molar-refractivity contribution in [2.75, 3.05) is 44.3 Å². The van der Waals surface area contributed by atoms with Crippen molar-refractivity contribution >= 4 is 40.0 Å². The summed E-state index contributed by atoms with van der Waals surface area (Å²) in [5, 5.41) is 8.08. The van der Waals surface area contributed by atoms with E-state index in [0.717, 1.165) is 75.3 Å². The van der Waals surface area contributed by atoms with Gasteiger partial charge in [-0.1, -0.05) is 47.6 Å². The Labute approximate surface area is 216 Å². The lowest BCUT2D eigenvalue weighted by molar-refractivity contribution is -0.120. The SMILES string of the molecule is NC(=O)C1SC(CCc2ccc(Cl)cc2)=NN1[C@@H]1CCN(c2ccc(CN3CCOCC3)cc2)C1. The molecule has 0 saturated carbocycles. The van der Waals surface area contributed by atoms with Gasteiger partial charge in [-0.3, -0.25) is 14.7 Å². The number of primary amides is 1. The lowest BCUT2D eigenvalue weighted by Crippen LogP contribution is -2.44. The molecule has 2 atom stereocenters. The number of nitrogens with two attached hydrogens (primary N) is 1. The Bertz CT molecular complexity index is 1040. The number of ether oxygens (including phenoxy) is 1. The van der Waals surface area contributed by atoms with E-state index in [0.29, 0.717) is 0 Å². The molecule has 5 rings (SSSR count). The molecule has 35 heavy (non-hydrogen) atoms. The summed E-state index contributed by atoms with van der Waals surface area (Å²) in [5.74, 6) is -0.328. The number of morpholine rings is 1. The second-order valence-corrected chi connectivity index (χ2v) is 10.9. The first kappa shape index (κ1) is 24.4. The van der Waals surface area contributed by atoms with Crippen LogP contribution in [0.4, 0.5) is 5.69 Å². The van der Waals surface area contributed by atoms with Crippen molar-refractivity contribution in [2.45, 2.75) is 37.2 Å². The van der Waals surface area contributed by atoms with Crippen LogP contribution in [0.25, 0.3) is 0 Å². The Hall–Kier alpha value is -2.26. The number of carbonyl (C=O) groups excluding carboxylic acids is 1. The second kappa shape index (κ2) is 11.2. The first-order valence-corrected chi connectivity index (χ1v) is 13.5. The van der Waals surface area contributed by atoms with Gasteiger partial charge in [-0.15, -0.1) is 0 Å². The molecule has 0 radical (unpaired) electrons. The maximum atomic E-state index is 12.2. The zero-order valence-electron chi connectivity index (χ0n) is 19.8. The Balaban J connectivity index is 1.19. The quantitative estimate of drug-likeness (QED) is 0.582. The number of rotatable bonds is 8. The Morgan fingerprint density at radius 3 is 2.46 bits per heavy atom. The molecule has 2 aromatic rings. The van der Waals surface area contributed by atoms with Gasteiger partial charge in [-0.25, -0.2) is 0 Å². The first-order valence-electron chi connectivity index (χ1n) is 12.3. The number of halogens is 1. The van der Waals surface area contributed by atoms with Gasteiger partial charge >= 0.3 is 0 Å². The summed E-state index contributed by atoms with van der Waals surface area (Å²) in [6.45, 7) is 6.36. The molecule has 0 aliphatic carbocycles. The molecule has 2 saturated heterocycles. The van der Waals surface area contributed by atoms with Crippen LogP contribution in [0.2, 0.25) is 5.02 Å². The third-order valence-electron chi connectivity index (χ3n) is 6.85. The fraction of sp³-hybridized carbons (Fsp3) is 0.462. The van der Waals surface area contributed by atoms with E-state index in [1.165, 1.54) is 28.6 Å². The van der Waals surface area contributed by atoms with Crippen molar-refractivity contribution in [3.63, 3.8) is 0 Å². The lowest BCUT2D eigenvalue weighted by atomic mass is 10.1. The predicted molar refractivity (Wildman–Crippen MR) is 143 cm³/mol. The smallest absolute Gasteiger partial charge is 0.252 e. The van der Waals surface area contributed by atoms with E-state index in [1.807, 2.05) is 29.3 Å². The molecule has 0 aromatic heterocycles. The van der Waals surface area contributed by atoms with E-state index in [9.17, 15) is 4.79 Å². The van der Waals surface area contributed by atoms with Gasteiger partial charge in [0.1, 0.15) is 0 Å². The number of nitrogens with zero attached hydrogens (tertiary/aromatic N) is 4.